The van der Waals surface area contributed by atoms with Gasteiger partial charge in [-0.15, -0.1) is 11.3 Å². The molecule has 6 aromatic rings. The number of hydrogen-bond acceptors (Lipinski definition) is 6. The number of rotatable bonds is 5. The van der Waals surface area contributed by atoms with Crippen molar-refractivity contribution >= 4 is 44.7 Å². The van der Waals surface area contributed by atoms with Crippen LogP contribution in [0.4, 0.5) is 5.69 Å². The maximum absolute atomic E-state index is 12.1. The van der Waals surface area contributed by atoms with Crippen LogP contribution in [0.1, 0.15) is 18.7 Å². The van der Waals surface area contributed by atoms with Crippen LogP contribution < -0.4 is 5.32 Å². The summed E-state index contributed by atoms with van der Waals surface area (Å²) in [5.41, 5.74) is 6.68. The van der Waals surface area contributed by atoms with Gasteiger partial charge in [0.05, 0.1) is 45.6 Å². The van der Waals surface area contributed by atoms with Gasteiger partial charge in [-0.3, -0.25) is 24.8 Å². The largest absolute Gasteiger partial charge is 0.353 e. The molecule has 0 unspecified atom stereocenters. The van der Waals surface area contributed by atoms with Gasteiger partial charge in [0.25, 0.3) is 0 Å². The van der Waals surface area contributed by atoms with Gasteiger partial charge in [0.1, 0.15) is 5.69 Å². The number of nitrogens with one attached hydrogen (secondary N) is 3. The van der Waals surface area contributed by atoms with Crippen molar-refractivity contribution in [3.8, 4) is 33.2 Å². The monoisotopic (exact) mass is 493 g/mol. The van der Waals surface area contributed by atoms with E-state index < -0.39 is 0 Å². The molecule has 0 radical (unpaired) electrons. The Morgan fingerprint density at radius 1 is 0.972 bits per heavy atom. The zero-order valence-corrected chi connectivity index (χ0v) is 20.8. The molecule has 0 saturated heterocycles. The molecular weight excluding hydrogens is 470 g/mol. The lowest BCUT2D eigenvalue weighted by Crippen LogP contribution is -2.17. The summed E-state index contributed by atoms with van der Waals surface area (Å²) in [6, 6.07) is 12.2. The van der Waals surface area contributed by atoms with Gasteiger partial charge in [0.2, 0.25) is 5.91 Å². The van der Waals surface area contributed by atoms with E-state index >= 15 is 0 Å². The highest BCUT2D eigenvalue weighted by atomic mass is 32.1. The SMILES string of the molecule is Cc1ccc(-c2nccc3[nH]c(-c4n[nH]c5cnc(-c6cncc(NC(=O)C(C)C)c6)cc45)cc23)s1. The zero-order valence-electron chi connectivity index (χ0n) is 20.0. The molecule has 0 spiro atoms. The molecule has 0 aliphatic heterocycles. The second-order valence-corrected chi connectivity index (χ2v) is 10.3. The van der Waals surface area contributed by atoms with E-state index in [-0.39, 0.29) is 11.8 Å². The summed E-state index contributed by atoms with van der Waals surface area (Å²) < 4.78 is 0. The van der Waals surface area contributed by atoms with Gasteiger partial charge in [0.15, 0.2) is 0 Å². The third-order valence-corrected chi connectivity index (χ3v) is 7.06. The minimum absolute atomic E-state index is 0.0557. The number of H-pyrrole nitrogens is 2. The number of carbonyl (C=O) groups is 1. The fourth-order valence-electron chi connectivity index (χ4n) is 4.15. The first-order chi connectivity index (χ1) is 17.5. The number of nitrogens with zero attached hydrogens (tertiary/aromatic N) is 4. The van der Waals surface area contributed by atoms with Gasteiger partial charge in [-0.2, -0.15) is 5.10 Å². The average Bonchev–Trinajstić information content (AvgIpc) is 3.61. The first kappa shape index (κ1) is 22.1. The van der Waals surface area contributed by atoms with E-state index in [2.05, 4.69) is 60.6 Å². The molecule has 178 valence electrons. The molecule has 0 aromatic carbocycles. The summed E-state index contributed by atoms with van der Waals surface area (Å²) in [4.78, 5) is 31.6. The van der Waals surface area contributed by atoms with E-state index in [4.69, 9.17) is 0 Å². The standard InChI is InChI=1S/C27H23N7OS/c1-14(2)27(35)31-17-8-16(11-28-12-17)21-9-19-23(13-30-21)33-34-25(19)22-10-18-20(32-22)6-7-29-26(18)24-5-4-15(3)36-24/h4-14,32H,1-3H3,(H,31,35)(H,33,34). The Kier molecular flexibility index (Phi) is 5.34. The molecule has 0 aliphatic rings. The molecule has 0 fully saturated rings. The van der Waals surface area contributed by atoms with Crippen LogP contribution in [-0.4, -0.2) is 36.0 Å². The third kappa shape index (κ3) is 3.93. The van der Waals surface area contributed by atoms with Crippen molar-refractivity contribution in [1.82, 2.24) is 30.1 Å². The quantitative estimate of drug-likeness (QED) is 0.265. The van der Waals surface area contributed by atoms with E-state index in [0.29, 0.717) is 5.69 Å². The number of thiophene rings is 1. The lowest BCUT2D eigenvalue weighted by molar-refractivity contribution is -0.118. The minimum Gasteiger partial charge on any atom is -0.353 e. The molecule has 8 nitrogen and oxygen atoms in total. The van der Waals surface area contributed by atoms with Gasteiger partial charge >= 0.3 is 0 Å². The first-order valence-electron chi connectivity index (χ1n) is 11.6. The smallest absolute Gasteiger partial charge is 0.226 e. The van der Waals surface area contributed by atoms with Crippen LogP contribution in [0.15, 0.2) is 61.2 Å². The lowest BCUT2D eigenvalue weighted by atomic mass is 10.1. The highest BCUT2D eigenvalue weighted by Crippen LogP contribution is 2.36. The van der Waals surface area contributed by atoms with Gasteiger partial charge in [-0.1, -0.05) is 13.8 Å². The highest BCUT2D eigenvalue weighted by Gasteiger charge is 2.16. The second-order valence-electron chi connectivity index (χ2n) is 9.01. The topological polar surface area (TPSA) is 112 Å². The Morgan fingerprint density at radius 3 is 2.64 bits per heavy atom. The summed E-state index contributed by atoms with van der Waals surface area (Å²) in [6.07, 6.45) is 6.97. The number of hydrogen-bond donors (Lipinski definition) is 3. The molecule has 6 aromatic heterocycles. The minimum atomic E-state index is -0.118. The van der Waals surface area contributed by atoms with E-state index in [1.165, 1.54) is 4.88 Å². The summed E-state index contributed by atoms with van der Waals surface area (Å²) in [6.45, 7) is 5.81. The molecule has 36 heavy (non-hydrogen) atoms. The van der Waals surface area contributed by atoms with E-state index in [1.807, 2.05) is 38.2 Å². The van der Waals surface area contributed by atoms with Crippen molar-refractivity contribution in [2.45, 2.75) is 20.8 Å². The Bertz CT molecular complexity index is 1740. The number of fused-ring (bicyclic) bond motifs is 2. The summed E-state index contributed by atoms with van der Waals surface area (Å²) in [7, 11) is 0. The van der Waals surface area contributed by atoms with Crippen LogP contribution in [-0.2, 0) is 4.79 Å². The number of pyridine rings is 3. The summed E-state index contributed by atoms with van der Waals surface area (Å²) in [5.74, 6) is -0.174. The molecule has 0 saturated carbocycles. The Hall–Kier alpha value is -4.37. The Labute approximate surface area is 210 Å². The number of amides is 1. The maximum atomic E-state index is 12.1. The van der Waals surface area contributed by atoms with Crippen molar-refractivity contribution < 1.29 is 4.79 Å². The Morgan fingerprint density at radius 2 is 1.83 bits per heavy atom. The van der Waals surface area contributed by atoms with Crippen molar-refractivity contribution in [2.75, 3.05) is 5.32 Å². The molecule has 1 amide bonds. The Balaban J connectivity index is 1.41. The molecule has 6 rings (SSSR count). The van der Waals surface area contributed by atoms with Crippen molar-refractivity contribution in [3.05, 3.63) is 66.1 Å². The molecule has 6 heterocycles. The highest BCUT2D eigenvalue weighted by molar-refractivity contribution is 7.15. The molecule has 0 atom stereocenters. The molecule has 3 N–H and O–H groups in total. The van der Waals surface area contributed by atoms with Crippen LogP contribution >= 0.6 is 11.3 Å². The average molecular weight is 494 g/mol. The summed E-state index contributed by atoms with van der Waals surface area (Å²) >= 11 is 1.73. The number of aromatic amines is 2. The molecule has 0 aliphatic carbocycles. The van der Waals surface area contributed by atoms with E-state index in [1.54, 1.807) is 29.9 Å². The van der Waals surface area contributed by atoms with Crippen LogP contribution in [0.2, 0.25) is 0 Å². The maximum Gasteiger partial charge on any atom is 0.226 e. The zero-order chi connectivity index (χ0) is 24.8. The molecular formula is C27H23N7OS. The second kappa shape index (κ2) is 8.69. The first-order valence-corrected chi connectivity index (χ1v) is 12.4. The van der Waals surface area contributed by atoms with Crippen LogP contribution in [0.3, 0.4) is 0 Å². The number of aryl methyl sites for hydroxylation is 1. The number of carbonyl (C=O) groups excluding carboxylic acids is 1. The van der Waals surface area contributed by atoms with Crippen LogP contribution in [0.25, 0.3) is 55.0 Å². The number of anilines is 1. The van der Waals surface area contributed by atoms with Gasteiger partial charge in [0, 0.05) is 45.0 Å². The number of aromatic nitrogens is 6. The van der Waals surface area contributed by atoms with E-state index in [9.17, 15) is 4.79 Å². The predicted molar refractivity (Wildman–Crippen MR) is 144 cm³/mol. The van der Waals surface area contributed by atoms with Gasteiger partial charge in [-0.05, 0) is 43.3 Å². The molecule has 9 heteroatoms. The molecule has 0 bridgehead atoms. The van der Waals surface area contributed by atoms with Gasteiger partial charge in [-0.25, -0.2) is 0 Å². The fraction of sp³-hybridized carbons (Fsp3) is 0.148. The van der Waals surface area contributed by atoms with Crippen LogP contribution in [0, 0.1) is 12.8 Å². The van der Waals surface area contributed by atoms with Crippen molar-refractivity contribution in [2.24, 2.45) is 5.92 Å². The lowest BCUT2D eigenvalue weighted by Gasteiger charge is -2.08. The predicted octanol–water partition coefficient (Wildman–Crippen LogP) is 6.19. The third-order valence-electron chi connectivity index (χ3n) is 6.05. The normalized spacial score (nSPS) is 11.6. The van der Waals surface area contributed by atoms with Crippen molar-refractivity contribution in [3.63, 3.8) is 0 Å². The van der Waals surface area contributed by atoms with Gasteiger partial charge < -0.3 is 10.3 Å². The summed E-state index contributed by atoms with van der Waals surface area (Å²) in [5, 5.41) is 12.6. The van der Waals surface area contributed by atoms with Crippen molar-refractivity contribution in [1.29, 1.82) is 0 Å². The van der Waals surface area contributed by atoms with Crippen LogP contribution in [0.5, 0.6) is 0 Å². The fourth-order valence-corrected chi connectivity index (χ4v) is 5.03. The van der Waals surface area contributed by atoms with E-state index in [0.717, 1.165) is 55.0 Å².